The summed E-state index contributed by atoms with van der Waals surface area (Å²) in [6.45, 7) is -0.449. The minimum absolute atomic E-state index is 0.119. The van der Waals surface area contributed by atoms with Crippen LogP contribution in [0.1, 0.15) is 0 Å². The lowest BCUT2D eigenvalue weighted by atomic mass is 10.3. The molecule has 1 heterocycles. The van der Waals surface area contributed by atoms with Crippen LogP contribution in [-0.4, -0.2) is 42.3 Å². The molecule has 1 aliphatic heterocycles. The van der Waals surface area contributed by atoms with Gasteiger partial charge < -0.3 is 9.64 Å². The van der Waals surface area contributed by atoms with Crippen molar-refractivity contribution in [1.82, 2.24) is 10.2 Å². The number of hydrogen-bond donors (Lipinski definition) is 1. The molecule has 3 amide bonds. The molecular weight excluding hydrogens is 316 g/mol. The zero-order valence-electron chi connectivity index (χ0n) is 9.89. The van der Waals surface area contributed by atoms with E-state index in [-0.39, 0.29) is 19.7 Å². The fourth-order valence-corrected chi connectivity index (χ4v) is 1.98. The zero-order chi connectivity index (χ0) is 13.8. The van der Waals surface area contributed by atoms with Gasteiger partial charge in [-0.3, -0.25) is 19.7 Å². The monoisotopic (exact) mass is 326 g/mol. The van der Waals surface area contributed by atoms with Gasteiger partial charge in [-0.25, -0.2) is 0 Å². The lowest BCUT2D eigenvalue weighted by Gasteiger charge is -2.25. The average molecular weight is 327 g/mol. The van der Waals surface area contributed by atoms with Gasteiger partial charge in [-0.15, -0.1) is 0 Å². The third kappa shape index (κ3) is 3.78. The normalized spacial score (nSPS) is 15.1. The minimum Gasteiger partial charge on any atom is -0.484 e. The van der Waals surface area contributed by atoms with Crippen LogP contribution in [0.3, 0.4) is 0 Å². The topological polar surface area (TPSA) is 75.7 Å². The Labute approximate surface area is 117 Å². The smallest absolute Gasteiger partial charge is 0.261 e. The van der Waals surface area contributed by atoms with Gasteiger partial charge in [0.1, 0.15) is 18.8 Å². The molecule has 1 saturated heterocycles. The lowest BCUT2D eigenvalue weighted by Crippen LogP contribution is -2.54. The number of hydrogen-bond acceptors (Lipinski definition) is 4. The molecular formula is C12H11BrN2O4. The summed E-state index contributed by atoms with van der Waals surface area (Å²) < 4.78 is 6.15. The maximum atomic E-state index is 11.8. The van der Waals surface area contributed by atoms with Gasteiger partial charge in [0.25, 0.3) is 5.91 Å². The summed E-state index contributed by atoms with van der Waals surface area (Å²) in [5, 5.41) is 2.13. The van der Waals surface area contributed by atoms with Gasteiger partial charge in [-0.1, -0.05) is 22.0 Å². The summed E-state index contributed by atoms with van der Waals surface area (Å²) in [6.07, 6.45) is 0. The second kappa shape index (κ2) is 5.83. The number of nitrogens with zero attached hydrogens (tertiary/aromatic N) is 1. The summed E-state index contributed by atoms with van der Waals surface area (Å²) in [6, 6.07) is 7.05. The van der Waals surface area contributed by atoms with Gasteiger partial charge in [0.05, 0.1) is 0 Å². The highest BCUT2D eigenvalue weighted by molar-refractivity contribution is 9.10. The van der Waals surface area contributed by atoms with Crippen molar-refractivity contribution in [1.29, 1.82) is 0 Å². The predicted octanol–water partition coefficient (Wildman–Crippen LogP) is 0.313. The lowest BCUT2D eigenvalue weighted by molar-refractivity contribution is -0.146. The molecule has 1 fully saturated rings. The largest absolute Gasteiger partial charge is 0.484 e. The number of rotatable bonds is 3. The van der Waals surface area contributed by atoms with Crippen LogP contribution < -0.4 is 10.1 Å². The molecule has 0 aliphatic carbocycles. The molecule has 0 unspecified atom stereocenters. The first-order valence-corrected chi connectivity index (χ1v) is 6.33. The zero-order valence-corrected chi connectivity index (χ0v) is 11.5. The Balaban J connectivity index is 1.90. The number of benzene rings is 1. The van der Waals surface area contributed by atoms with Gasteiger partial charge in [0.2, 0.25) is 11.8 Å². The van der Waals surface area contributed by atoms with Crippen molar-refractivity contribution >= 4 is 33.7 Å². The van der Waals surface area contributed by atoms with Gasteiger partial charge in [0.15, 0.2) is 6.61 Å². The van der Waals surface area contributed by atoms with Gasteiger partial charge >= 0.3 is 0 Å². The van der Waals surface area contributed by atoms with Crippen LogP contribution >= 0.6 is 15.9 Å². The number of carbonyl (C=O) groups is 3. The van der Waals surface area contributed by atoms with Crippen molar-refractivity contribution in [3.05, 3.63) is 28.7 Å². The van der Waals surface area contributed by atoms with Crippen molar-refractivity contribution < 1.29 is 19.1 Å². The third-order valence-corrected chi connectivity index (χ3v) is 2.95. The molecule has 1 aliphatic rings. The van der Waals surface area contributed by atoms with Crippen LogP contribution in [0, 0.1) is 0 Å². The first kappa shape index (κ1) is 13.5. The van der Waals surface area contributed by atoms with Crippen LogP contribution in [-0.2, 0) is 14.4 Å². The van der Waals surface area contributed by atoms with E-state index in [1.807, 2.05) is 6.07 Å². The fraction of sp³-hybridized carbons (Fsp3) is 0.250. The molecule has 0 spiro atoms. The molecule has 6 nitrogen and oxygen atoms in total. The Morgan fingerprint density at radius 3 is 2.63 bits per heavy atom. The van der Waals surface area contributed by atoms with E-state index in [9.17, 15) is 14.4 Å². The van der Waals surface area contributed by atoms with Crippen molar-refractivity contribution in [2.24, 2.45) is 0 Å². The number of piperazine rings is 1. The Hall–Kier alpha value is -1.89. The molecule has 1 aromatic carbocycles. The van der Waals surface area contributed by atoms with Crippen molar-refractivity contribution in [3.8, 4) is 5.75 Å². The van der Waals surface area contributed by atoms with Crippen molar-refractivity contribution in [2.75, 3.05) is 19.7 Å². The summed E-state index contributed by atoms with van der Waals surface area (Å²) in [7, 11) is 0. The van der Waals surface area contributed by atoms with Crippen LogP contribution in [0.5, 0.6) is 5.75 Å². The van der Waals surface area contributed by atoms with E-state index >= 15 is 0 Å². The molecule has 0 aromatic heterocycles. The highest BCUT2D eigenvalue weighted by atomic mass is 79.9. The van der Waals surface area contributed by atoms with E-state index in [0.29, 0.717) is 5.75 Å². The van der Waals surface area contributed by atoms with Gasteiger partial charge in [-0.2, -0.15) is 0 Å². The van der Waals surface area contributed by atoms with E-state index < -0.39 is 17.7 Å². The van der Waals surface area contributed by atoms with Crippen LogP contribution in [0.15, 0.2) is 28.7 Å². The highest BCUT2D eigenvalue weighted by Gasteiger charge is 2.26. The quantitative estimate of drug-likeness (QED) is 0.811. The maximum absolute atomic E-state index is 11.8. The third-order valence-electron chi connectivity index (χ3n) is 2.46. The van der Waals surface area contributed by atoms with E-state index in [1.165, 1.54) is 4.90 Å². The molecule has 0 bridgehead atoms. The summed E-state index contributed by atoms with van der Waals surface area (Å²) in [5.41, 5.74) is 0. The number of halogens is 1. The molecule has 0 atom stereocenters. The Kier molecular flexibility index (Phi) is 4.16. The molecule has 1 N–H and O–H groups in total. The highest BCUT2D eigenvalue weighted by Crippen LogP contribution is 2.17. The standard InChI is InChI=1S/C12H11BrN2O4/c13-8-2-1-3-9(4-8)19-7-12(18)15-5-10(16)14-11(17)6-15/h1-4H,5-7H2,(H,14,16,17). The number of ether oxygens (including phenoxy) is 1. The van der Waals surface area contributed by atoms with Crippen LogP contribution in [0.2, 0.25) is 0 Å². The van der Waals surface area contributed by atoms with Crippen molar-refractivity contribution in [3.63, 3.8) is 0 Å². The second-order valence-corrected chi connectivity index (χ2v) is 4.88. The number of imide groups is 1. The summed E-state index contributed by atoms with van der Waals surface area (Å²) >= 11 is 3.29. The van der Waals surface area contributed by atoms with Crippen LogP contribution in [0.4, 0.5) is 0 Å². The molecule has 100 valence electrons. The summed E-state index contributed by atoms with van der Waals surface area (Å²) in [4.78, 5) is 35.2. The number of amides is 3. The fourth-order valence-electron chi connectivity index (χ4n) is 1.61. The Morgan fingerprint density at radius 2 is 2.00 bits per heavy atom. The Morgan fingerprint density at radius 1 is 1.32 bits per heavy atom. The molecule has 19 heavy (non-hydrogen) atoms. The van der Waals surface area contributed by atoms with E-state index in [2.05, 4.69) is 21.2 Å². The number of carbonyl (C=O) groups excluding carboxylic acids is 3. The van der Waals surface area contributed by atoms with E-state index in [0.717, 1.165) is 4.47 Å². The predicted molar refractivity (Wildman–Crippen MR) is 69.4 cm³/mol. The van der Waals surface area contributed by atoms with E-state index in [4.69, 9.17) is 4.74 Å². The second-order valence-electron chi connectivity index (χ2n) is 3.97. The maximum Gasteiger partial charge on any atom is 0.261 e. The minimum atomic E-state index is -0.480. The number of nitrogens with one attached hydrogen (secondary N) is 1. The van der Waals surface area contributed by atoms with Crippen LogP contribution in [0.25, 0.3) is 0 Å². The molecule has 7 heteroatoms. The molecule has 0 saturated carbocycles. The van der Waals surface area contributed by atoms with E-state index in [1.54, 1.807) is 18.2 Å². The SMILES string of the molecule is O=C1CN(C(=O)COc2cccc(Br)c2)CC(=O)N1. The van der Waals surface area contributed by atoms with Gasteiger partial charge in [-0.05, 0) is 18.2 Å². The molecule has 2 rings (SSSR count). The molecule has 0 radical (unpaired) electrons. The first-order chi connectivity index (χ1) is 9.04. The average Bonchev–Trinajstić information content (AvgIpc) is 2.35. The van der Waals surface area contributed by atoms with Crippen molar-refractivity contribution in [2.45, 2.75) is 0 Å². The first-order valence-electron chi connectivity index (χ1n) is 5.53. The summed E-state index contributed by atoms with van der Waals surface area (Å²) in [5.74, 6) is -0.821. The molecule has 1 aromatic rings. The Bertz CT molecular complexity index is 516. The van der Waals surface area contributed by atoms with Gasteiger partial charge in [0, 0.05) is 4.47 Å².